The fourth-order valence-electron chi connectivity index (χ4n) is 1.90. The molecule has 19 heavy (non-hydrogen) atoms. The van der Waals surface area contributed by atoms with E-state index in [1.807, 2.05) is 0 Å². The van der Waals surface area contributed by atoms with Crippen LogP contribution in [-0.4, -0.2) is 18.2 Å². The molecule has 0 amide bonds. The Morgan fingerprint density at radius 3 is 2.63 bits per heavy atom. The van der Waals surface area contributed by atoms with Crippen molar-refractivity contribution in [3.05, 3.63) is 59.4 Å². The summed E-state index contributed by atoms with van der Waals surface area (Å²) in [5, 5.41) is 9.28. The number of halogens is 1. The van der Waals surface area contributed by atoms with Gasteiger partial charge in [0.15, 0.2) is 0 Å². The number of carbonyl (C=O) groups is 1. The molecule has 3 nitrogen and oxygen atoms in total. The first-order valence-corrected chi connectivity index (χ1v) is 5.74. The van der Waals surface area contributed by atoms with Gasteiger partial charge >= 0.3 is 5.97 Å². The third kappa shape index (κ3) is 2.63. The Labute approximate surface area is 110 Å². The van der Waals surface area contributed by atoms with Gasteiger partial charge in [-0.2, -0.15) is 0 Å². The molecule has 0 radical (unpaired) electrons. The first-order chi connectivity index (χ1) is 9.17. The van der Waals surface area contributed by atoms with Crippen molar-refractivity contribution in [2.75, 3.05) is 7.11 Å². The highest BCUT2D eigenvalue weighted by atomic mass is 19.1. The Hall–Kier alpha value is -2.20. The zero-order chi connectivity index (χ0) is 13.8. The lowest BCUT2D eigenvalue weighted by molar-refractivity contribution is 0.0600. The Morgan fingerprint density at radius 2 is 1.95 bits per heavy atom. The number of aliphatic hydroxyl groups excluding tert-OH is 1. The van der Waals surface area contributed by atoms with E-state index in [9.17, 15) is 14.3 Å². The highest BCUT2D eigenvalue weighted by molar-refractivity contribution is 5.91. The van der Waals surface area contributed by atoms with Crippen molar-refractivity contribution >= 4 is 5.97 Å². The maximum atomic E-state index is 13.9. The van der Waals surface area contributed by atoms with E-state index >= 15 is 0 Å². The van der Waals surface area contributed by atoms with Crippen molar-refractivity contribution in [2.24, 2.45) is 0 Å². The first-order valence-electron chi connectivity index (χ1n) is 5.74. The summed E-state index contributed by atoms with van der Waals surface area (Å²) in [6.45, 7) is -0.196. The molecule has 0 spiro atoms. The molecule has 2 rings (SSSR count). The minimum Gasteiger partial charge on any atom is -0.465 e. The summed E-state index contributed by atoms with van der Waals surface area (Å²) in [5.41, 5.74) is 1.70. The molecular weight excluding hydrogens is 247 g/mol. The van der Waals surface area contributed by atoms with Crippen LogP contribution in [0.4, 0.5) is 4.39 Å². The van der Waals surface area contributed by atoms with Crippen LogP contribution in [-0.2, 0) is 11.3 Å². The highest BCUT2D eigenvalue weighted by Crippen LogP contribution is 2.27. The van der Waals surface area contributed by atoms with Crippen LogP contribution in [0.1, 0.15) is 15.9 Å². The maximum Gasteiger partial charge on any atom is 0.337 e. The molecule has 98 valence electrons. The summed E-state index contributed by atoms with van der Waals surface area (Å²) in [6.07, 6.45) is 0. The number of methoxy groups -OCH3 is 1. The molecule has 0 heterocycles. The van der Waals surface area contributed by atoms with Crippen molar-refractivity contribution in [3.63, 3.8) is 0 Å². The van der Waals surface area contributed by atoms with Crippen LogP contribution in [0.5, 0.6) is 0 Å². The molecule has 2 aromatic rings. The van der Waals surface area contributed by atoms with Gasteiger partial charge in [0.25, 0.3) is 0 Å². The van der Waals surface area contributed by atoms with E-state index in [-0.39, 0.29) is 17.7 Å². The minimum absolute atomic E-state index is 0.196. The third-order valence-electron chi connectivity index (χ3n) is 2.87. The molecule has 1 N–H and O–H groups in total. The Kier molecular flexibility index (Phi) is 3.92. The number of ether oxygens (including phenoxy) is 1. The summed E-state index contributed by atoms with van der Waals surface area (Å²) in [4.78, 5) is 11.5. The summed E-state index contributed by atoms with van der Waals surface area (Å²) in [7, 11) is 1.27. The number of hydrogen-bond donors (Lipinski definition) is 1. The molecule has 0 aliphatic rings. The van der Waals surface area contributed by atoms with Gasteiger partial charge in [0, 0.05) is 5.56 Å². The van der Waals surface area contributed by atoms with Crippen LogP contribution < -0.4 is 0 Å². The molecule has 0 atom stereocenters. The van der Waals surface area contributed by atoms with Gasteiger partial charge in [-0.15, -0.1) is 0 Å². The molecule has 0 unspecified atom stereocenters. The van der Waals surface area contributed by atoms with Gasteiger partial charge in [-0.3, -0.25) is 0 Å². The average molecular weight is 260 g/mol. The molecule has 0 saturated heterocycles. The van der Waals surface area contributed by atoms with Crippen molar-refractivity contribution < 1.29 is 19.0 Å². The van der Waals surface area contributed by atoms with E-state index in [0.717, 1.165) is 0 Å². The number of rotatable bonds is 3. The van der Waals surface area contributed by atoms with Crippen LogP contribution in [0.25, 0.3) is 11.1 Å². The second-order valence-corrected chi connectivity index (χ2v) is 4.00. The largest absolute Gasteiger partial charge is 0.465 e. The monoisotopic (exact) mass is 260 g/mol. The van der Waals surface area contributed by atoms with Gasteiger partial charge in [0.1, 0.15) is 5.82 Å². The van der Waals surface area contributed by atoms with E-state index in [1.54, 1.807) is 24.3 Å². The Morgan fingerprint density at radius 1 is 1.21 bits per heavy atom. The van der Waals surface area contributed by atoms with E-state index in [4.69, 9.17) is 0 Å². The fraction of sp³-hybridized carbons (Fsp3) is 0.133. The van der Waals surface area contributed by atoms with Gasteiger partial charge in [0.05, 0.1) is 19.3 Å². The van der Waals surface area contributed by atoms with Crippen molar-refractivity contribution in [1.82, 2.24) is 0 Å². The summed E-state index contributed by atoms with van der Waals surface area (Å²) in [5.74, 6) is -0.976. The molecule has 0 aliphatic carbocycles. The van der Waals surface area contributed by atoms with Crippen LogP contribution in [0.3, 0.4) is 0 Å². The van der Waals surface area contributed by atoms with Crippen LogP contribution in [0, 0.1) is 5.82 Å². The predicted octanol–water partition coefficient (Wildman–Crippen LogP) is 2.77. The lowest BCUT2D eigenvalue weighted by atomic mass is 9.98. The van der Waals surface area contributed by atoms with Crippen LogP contribution in [0.2, 0.25) is 0 Å². The zero-order valence-electron chi connectivity index (χ0n) is 10.4. The second-order valence-electron chi connectivity index (χ2n) is 4.00. The number of esters is 1. The van der Waals surface area contributed by atoms with E-state index in [2.05, 4.69) is 4.74 Å². The summed E-state index contributed by atoms with van der Waals surface area (Å²) < 4.78 is 18.5. The molecule has 2 aromatic carbocycles. The summed E-state index contributed by atoms with van der Waals surface area (Å²) >= 11 is 0. The number of hydrogen-bond acceptors (Lipinski definition) is 3. The standard InChI is InChI=1S/C15H13FO3/c1-19-15(18)10-6-7-14(16)13(8-10)12-5-3-2-4-11(12)9-17/h2-8,17H,9H2,1H3. The van der Waals surface area contributed by atoms with Gasteiger partial charge < -0.3 is 9.84 Å². The lowest BCUT2D eigenvalue weighted by Gasteiger charge is -2.10. The van der Waals surface area contributed by atoms with E-state index in [0.29, 0.717) is 11.1 Å². The zero-order valence-corrected chi connectivity index (χ0v) is 10.4. The lowest BCUT2D eigenvalue weighted by Crippen LogP contribution is -2.02. The molecule has 0 saturated carbocycles. The normalized spacial score (nSPS) is 10.3. The van der Waals surface area contributed by atoms with Crippen LogP contribution >= 0.6 is 0 Å². The molecule has 0 aliphatic heterocycles. The quantitative estimate of drug-likeness (QED) is 0.863. The number of benzene rings is 2. The Balaban J connectivity index is 2.58. The first kappa shape index (κ1) is 13.2. The average Bonchev–Trinajstić information content (AvgIpc) is 2.47. The van der Waals surface area contributed by atoms with Gasteiger partial charge in [-0.1, -0.05) is 24.3 Å². The molecule has 0 bridgehead atoms. The molecule has 4 heteroatoms. The SMILES string of the molecule is COC(=O)c1ccc(F)c(-c2ccccc2CO)c1. The smallest absolute Gasteiger partial charge is 0.337 e. The van der Waals surface area contributed by atoms with Crippen molar-refractivity contribution in [2.45, 2.75) is 6.61 Å². The van der Waals surface area contributed by atoms with E-state index in [1.165, 1.54) is 25.3 Å². The number of carbonyl (C=O) groups excluding carboxylic acids is 1. The number of aliphatic hydroxyl groups is 1. The van der Waals surface area contributed by atoms with Gasteiger partial charge in [0.2, 0.25) is 0 Å². The van der Waals surface area contributed by atoms with Gasteiger partial charge in [-0.25, -0.2) is 9.18 Å². The molecule has 0 aromatic heterocycles. The van der Waals surface area contributed by atoms with Crippen molar-refractivity contribution in [3.8, 4) is 11.1 Å². The maximum absolute atomic E-state index is 13.9. The third-order valence-corrected chi connectivity index (χ3v) is 2.87. The highest BCUT2D eigenvalue weighted by Gasteiger charge is 2.13. The minimum atomic E-state index is -0.525. The predicted molar refractivity (Wildman–Crippen MR) is 69.1 cm³/mol. The topological polar surface area (TPSA) is 46.5 Å². The summed E-state index contributed by atoms with van der Waals surface area (Å²) in [6, 6.07) is 10.9. The second kappa shape index (κ2) is 5.63. The molecular formula is C15H13FO3. The Bertz CT molecular complexity index is 608. The van der Waals surface area contributed by atoms with Crippen molar-refractivity contribution in [1.29, 1.82) is 0 Å². The van der Waals surface area contributed by atoms with E-state index < -0.39 is 11.8 Å². The van der Waals surface area contributed by atoms with Crippen LogP contribution in [0.15, 0.2) is 42.5 Å². The fourth-order valence-corrected chi connectivity index (χ4v) is 1.90. The molecule has 0 fully saturated rings. The van der Waals surface area contributed by atoms with Gasteiger partial charge in [-0.05, 0) is 29.3 Å².